The van der Waals surface area contributed by atoms with E-state index in [1.165, 1.54) is 0 Å². The van der Waals surface area contributed by atoms with Gasteiger partial charge in [0.25, 0.3) is 0 Å². The zero-order valence-electron chi connectivity index (χ0n) is 12.6. The van der Waals surface area contributed by atoms with Crippen LogP contribution in [0.15, 0.2) is 24.3 Å². The third kappa shape index (κ3) is 4.11. The van der Waals surface area contributed by atoms with Crippen molar-refractivity contribution in [2.24, 2.45) is 11.7 Å². The second kappa shape index (κ2) is 8.60. The molecule has 1 heterocycles. The number of hydrogen-bond donors (Lipinski definition) is 2. The number of carbonyl (C=O) groups is 2. The summed E-state index contributed by atoms with van der Waals surface area (Å²) in [5.41, 5.74) is 6.10. The highest BCUT2D eigenvalue weighted by atomic mass is 35.5. The Morgan fingerprint density at radius 3 is 2.86 bits per heavy atom. The minimum Gasteiger partial charge on any atom is -0.495 e. The lowest BCUT2D eigenvalue weighted by Crippen LogP contribution is -2.34. The average molecular weight is 328 g/mol. The predicted octanol–water partition coefficient (Wildman–Crippen LogP) is 0.935. The smallest absolute Gasteiger partial charge is 0.227 e. The number of hydrogen-bond acceptors (Lipinski definition) is 4. The molecule has 0 bridgehead atoms. The molecule has 1 saturated heterocycles. The summed E-state index contributed by atoms with van der Waals surface area (Å²) in [5.74, 6) is 0.169. The first-order valence-corrected chi connectivity index (χ1v) is 7.08. The fourth-order valence-corrected chi connectivity index (χ4v) is 2.43. The molecule has 2 rings (SSSR count). The van der Waals surface area contributed by atoms with E-state index >= 15 is 0 Å². The molecule has 122 valence electrons. The molecule has 1 aliphatic heterocycles. The van der Waals surface area contributed by atoms with Crippen LogP contribution in [0, 0.1) is 5.92 Å². The molecule has 1 aromatic rings. The van der Waals surface area contributed by atoms with Gasteiger partial charge in [-0.05, 0) is 25.1 Å². The minimum atomic E-state index is -0.319. The van der Waals surface area contributed by atoms with Gasteiger partial charge in [0.1, 0.15) is 5.75 Å². The second-order valence-electron chi connectivity index (χ2n) is 5.01. The molecular formula is C15H22ClN3O3. The number of nitrogens with two attached hydrogens (primary N) is 1. The van der Waals surface area contributed by atoms with Crippen LogP contribution in [0.4, 0.5) is 5.69 Å². The van der Waals surface area contributed by atoms with Crippen LogP contribution in [-0.2, 0) is 9.59 Å². The van der Waals surface area contributed by atoms with Gasteiger partial charge in [0, 0.05) is 19.5 Å². The van der Waals surface area contributed by atoms with E-state index in [-0.39, 0.29) is 36.6 Å². The van der Waals surface area contributed by atoms with Crippen LogP contribution in [0.3, 0.4) is 0 Å². The zero-order valence-corrected chi connectivity index (χ0v) is 13.4. The molecule has 1 unspecified atom stereocenters. The lowest BCUT2D eigenvalue weighted by Gasteiger charge is -2.19. The summed E-state index contributed by atoms with van der Waals surface area (Å²) in [5, 5.41) is 2.82. The number of nitrogens with one attached hydrogen (secondary N) is 1. The van der Waals surface area contributed by atoms with Crippen LogP contribution in [0.2, 0.25) is 0 Å². The molecular weight excluding hydrogens is 306 g/mol. The summed E-state index contributed by atoms with van der Waals surface area (Å²) in [7, 11) is 1.57. The predicted molar refractivity (Wildman–Crippen MR) is 87.4 cm³/mol. The van der Waals surface area contributed by atoms with Crippen LogP contribution >= 0.6 is 12.4 Å². The Kier molecular flexibility index (Phi) is 7.14. The fourth-order valence-electron chi connectivity index (χ4n) is 2.43. The fraction of sp³-hybridized carbons (Fsp3) is 0.467. The largest absolute Gasteiger partial charge is 0.495 e. The lowest BCUT2D eigenvalue weighted by molar-refractivity contribution is -0.126. The number of benzene rings is 1. The quantitative estimate of drug-likeness (QED) is 0.761. The molecule has 0 spiro atoms. The zero-order chi connectivity index (χ0) is 15.2. The molecule has 3 N–H and O–H groups in total. The maximum atomic E-state index is 12.2. The van der Waals surface area contributed by atoms with Gasteiger partial charge in [-0.25, -0.2) is 0 Å². The Labute approximate surface area is 136 Å². The number of nitrogens with zero attached hydrogens (tertiary/aromatic N) is 1. The van der Waals surface area contributed by atoms with Gasteiger partial charge in [-0.3, -0.25) is 9.59 Å². The van der Waals surface area contributed by atoms with Crippen molar-refractivity contribution >= 4 is 29.9 Å². The Bertz CT molecular complexity index is 525. The molecule has 1 fully saturated rings. The SMILES string of the molecule is COc1ccccc1N1CC(C(=O)NCCCN)CC1=O.Cl. The van der Waals surface area contributed by atoms with E-state index in [0.717, 1.165) is 6.42 Å². The van der Waals surface area contributed by atoms with Gasteiger partial charge >= 0.3 is 0 Å². The van der Waals surface area contributed by atoms with Crippen LogP contribution < -0.4 is 20.7 Å². The summed E-state index contributed by atoms with van der Waals surface area (Å²) in [4.78, 5) is 25.8. The minimum absolute atomic E-state index is 0. The van der Waals surface area contributed by atoms with E-state index in [2.05, 4.69) is 5.32 Å². The number of ether oxygens (including phenoxy) is 1. The summed E-state index contributed by atoms with van der Waals surface area (Å²) >= 11 is 0. The monoisotopic (exact) mass is 327 g/mol. The van der Waals surface area contributed by atoms with Crippen molar-refractivity contribution in [2.75, 3.05) is 31.6 Å². The highest BCUT2D eigenvalue weighted by Crippen LogP contribution is 2.32. The van der Waals surface area contributed by atoms with Crippen LogP contribution in [-0.4, -0.2) is 38.6 Å². The number of anilines is 1. The summed E-state index contributed by atoms with van der Waals surface area (Å²) in [6.45, 7) is 1.47. The molecule has 1 atom stereocenters. The summed E-state index contributed by atoms with van der Waals surface area (Å²) < 4.78 is 5.27. The van der Waals surface area contributed by atoms with Crippen molar-refractivity contribution in [1.29, 1.82) is 0 Å². The van der Waals surface area contributed by atoms with Gasteiger partial charge in [0.2, 0.25) is 11.8 Å². The third-order valence-electron chi connectivity index (χ3n) is 3.55. The van der Waals surface area contributed by atoms with Gasteiger partial charge in [0.05, 0.1) is 18.7 Å². The maximum Gasteiger partial charge on any atom is 0.227 e. The van der Waals surface area contributed by atoms with E-state index in [0.29, 0.717) is 31.1 Å². The van der Waals surface area contributed by atoms with Gasteiger partial charge in [-0.2, -0.15) is 0 Å². The Balaban J connectivity index is 0.00000242. The molecule has 1 aliphatic rings. The Morgan fingerprint density at radius 1 is 1.45 bits per heavy atom. The number of methoxy groups -OCH3 is 1. The first-order chi connectivity index (χ1) is 10.2. The van der Waals surface area contributed by atoms with Crippen molar-refractivity contribution in [1.82, 2.24) is 5.32 Å². The van der Waals surface area contributed by atoms with Crippen molar-refractivity contribution in [3.05, 3.63) is 24.3 Å². The topological polar surface area (TPSA) is 84.7 Å². The molecule has 2 amide bonds. The first-order valence-electron chi connectivity index (χ1n) is 7.08. The second-order valence-corrected chi connectivity index (χ2v) is 5.01. The van der Waals surface area contributed by atoms with E-state index in [1.807, 2.05) is 18.2 Å². The molecule has 0 saturated carbocycles. The Morgan fingerprint density at radius 2 is 2.18 bits per heavy atom. The number of amides is 2. The number of para-hydroxylation sites is 2. The number of carbonyl (C=O) groups excluding carboxylic acids is 2. The molecule has 6 nitrogen and oxygen atoms in total. The normalized spacial score (nSPS) is 17.1. The van der Waals surface area contributed by atoms with Crippen molar-refractivity contribution < 1.29 is 14.3 Å². The van der Waals surface area contributed by atoms with Crippen molar-refractivity contribution in [2.45, 2.75) is 12.8 Å². The van der Waals surface area contributed by atoms with E-state index in [4.69, 9.17) is 10.5 Å². The number of halogens is 1. The molecule has 22 heavy (non-hydrogen) atoms. The van der Waals surface area contributed by atoms with E-state index < -0.39 is 0 Å². The molecule has 0 radical (unpaired) electrons. The third-order valence-corrected chi connectivity index (χ3v) is 3.55. The summed E-state index contributed by atoms with van der Waals surface area (Å²) in [6.07, 6.45) is 0.967. The first kappa shape index (κ1) is 18.3. The maximum absolute atomic E-state index is 12.2. The van der Waals surface area contributed by atoms with Gasteiger partial charge in [-0.15, -0.1) is 12.4 Å². The van der Waals surface area contributed by atoms with E-state index in [1.54, 1.807) is 18.1 Å². The standard InChI is InChI=1S/C15H21N3O3.ClH/c1-21-13-6-3-2-5-12(13)18-10-11(9-14(18)19)15(20)17-8-4-7-16;/h2-3,5-6,11H,4,7-10,16H2,1H3,(H,17,20);1H. The average Bonchev–Trinajstić information content (AvgIpc) is 2.89. The van der Waals surface area contributed by atoms with Gasteiger partial charge in [-0.1, -0.05) is 12.1 Å². The molecule has 0 aliphatic carbocycles. The van der Waals surface area contributed by atoms with Crippen molar-refractivity contribution in [3.8, 4) is 5.75 Å². The Hall–Kier alpha value is -1.79. The molecule has 0 aromatic heterocycles. The van der Waals surface area contributed by atoms with Crippen LogP contribution in [0.25, 0.3) is 0 Å². The van der Waals surface area contributed by atoms with Crippen molar-refractivity contribution in [3.63, 3.8) is 0 Å². The molecule has 7 heteroatoms. The highest BCUT2D eigenvalue weighted by Gasteiger charge is 2.35. The van der Waals surface area contributed by atoms with Crippen LogP contribution in [0.5, 0.6) is 5.75 Å². The highest BCUT2D eigenvalue weighted by molar-refractivity contribution is 6.01. The van der Waals surface area contributed by atoms with Gasteiger partial charge in [0.15, 0.2) is 0 Å². The lowest BCUT2D eigenvalue weighted by atomic mass is 10.1. The van der Waals surface area contributed by atoms with Gasteiger partial charge < -0.3 is 20.7 Å². The van der Waals surface area contributed by atoms with E-state index in [9.17, 15) is 9.59 Å². The molecule has 1 aromatic carbocycles. The van der Waals surface area contributed by atoms with Crippen LogP contribution in [0.1, 0.15) is 12.8 Å². The number of rotatable bonds is 6. The summed E-state index contributed by atoms with van der Waals surface area (Å²) in [6, 6.07) is 7.32.